The third kappa shape index (κ3) is 1.58. The van der Waals surface area contributed by atoms with Crippen molar-refractivity contribution < 1.29 is 0 Å². The molecule has 0 amide bonds. The number of aryl methyl sites for hydroxylation is 2. The van der Waals surface area contributed by atoms with Crippen molar-refractivity contribution in [2.24, 2.45) is 0 Å². The second kappa shape index (κ2) is 3.76. The Kier molecular flexibility index (Phi) is 2.22. The smallest absolute Gasteiger partial charge is 0.170 e. The molecule has 0 spiro atoms. The summed E-state index contributed by atoms with van der Waals surface area (Å²) in [5, 5.41) is 16.4. The molecule has 0 radical (unpaired) electrons. The molecule has 18 heavy (non-hydrogen) atoms. The van der Waals surface area contributed by atoms with Crippen LogP contribution in [0.4, 0.5) is 5.69 Å². The van der Waals surface area contributed by atoms with Crippen LogP contribution in [-0.4, -0.2) is 24.8 Å². The lowest BCUT2D eigenvalue weighted by Gasteiger charge is -2.04. The van der Waals surface area contributed by atoms with Gasteiger partial charge in [0, 0.05) is 17.4 Å². The molecule has 0 saturated carbocycles. The zero-order valence-corrected chi connectivity index (χ0v) is 10.1. The first-order valence-electron chi connectivity index (χ1n) is 5.57. The van der Waals surface area contributed by atoms with E-state index < -0.39 is 0 Å². The summed E-state index contributed by atoms with van der Waals surface area (Å²) in [4.78, 5) is 0. The topological polar surface area (TPSA) is 82.0 Å². The van der Waals surface area contributed by atoms with Crippen molar-refractivity contribution in [1.82, 2.24) is 24.8 Å². The Bertz CT molecular complexity index is 731. The minimum absolute atomic E-state index is 0.667. The number of anilines is 1. The molecule has 3 rings (SSSR count). The van der Waals surface area contributed by atoms with Gasteiger partial charge in [-0.15, -0.1) is 10.2 Å². The van der Waals surface area contributed by atoms with Gasteiger partial charge >= 0.3 is 0 Å². The van der Waals surface area contributed by atoms with Crippen LogP contribution >= 0.6 is 0 Å². The molecule has 3 aromatic rings. The van der Waals surface area contributed by atoms with Gasteiger partial charge in [-0.3, -0.25) is 4.40 Å². The second-order valence-electron chi connectivity index (χ2n) is 4.20. The van der Waals surface area contributed by atoms with E-state index in [0.717, 1.165) is 28.4 Å². The molecule has 0 unspecified atom stereocenters. The molecule has 6 nitrogen and oxygen atoms in total. The van der Waals surface area contributed by atoms with Crippen LogP contribution in [0, 0.1) is 13.8 Å². The largest absolute Gasteiger partial charge is 0.398 e. The molecule has 2 N–H and O–H groups in total. The predicted molar refractivity (Wildman–Crippen MR) is 67.9 cm³/mol. The number of hydrogen-bond donors (Lipinski definition) is 1. The van der Waals surface area contributed by atoms with Crippen molar-refractivity contribution in [1.29, 1.82) is 0 Å². The number of nitrogens with zero attached hydrogens (tertiary/aromatic N) is 5. The van der Waals surface area contributed by atoms with Gasteiger partial charge in [0.25, 0.3) is 0 Å². The molecule has 90 valence electrons. The Morgan fingerprint density at radius 1 is 1.06 bits per heavy atom. The van der Waals surface area contributed by atoms with Gasteiger partial charge in [-0.1, -0.05) is 0 Å². The minimum Gasteiger partial charge on any atom is -0.398 e. The lowest BCUT2D eigenvalue weighted by Crippen LogP contribution is -1.98. The maximum absolute atomic E-state index is 5.79. The van der Waals surface area contributed by atoms with Crippen LogP contribution in [0.2, 0.25) is 0 Å². The summed E-state index contributed by atoms with van der Waals surface area (Å²) in [5.41, 5.74) is 9.80. The maximum Gasteiger partial charge on any atom is 0.170 e. The summed E-state index contributed by atoms with van der Waals surface area (Å²) < 4.78 is 1.86. The van der Waals surface area contributed by atoms with Gasteiger partial charge in [0.1, 0.15) is 0 Å². The Labute approximate surface area is 103 Å². The summed E-state index contributed by atoms with van der Waals surface area (Å²) in [6.45, 7) is 3.79. The Balaban J connectivity index is 2.31. The molecule has 0 aliphatic rings. The van der Waals surface area contributed by atoms with Crippen molar-refractivity contribution in [3.8, 4) is 11.4 Å². The number of pyridine rings is 1. The van der Waals surface area contributed by atoms with Gasteiger partial charge in [0.05, 0.1) is 11.4 Å². The van der Waals surface area contributed by atoms with Crippen LogP contribution < -0.4 is 5.73 Å². The van der Waals surface area contributed by atoms with Gasteiger partial charge in [-0.2, -0.15) is 10.2 Å². The molecule has 0 bridgehead atoms. The Morgan fingerprint density at radius 3 is 2.72 bits per heavy atom. The SMILES string of the molecule is Cc1cc(-c2nnc3ccc(N)cn23)c(C)nn1. The number of nitrogen functional groups attached to an aromatic ring is 1. The average Bonchev–Trinajstić information content (AvgIpc) is 2.75. The zero-order valence-electron chi connectivity index (χ0n) is 10.1. The molecule has 0 saturated heterocycles. The molecule has 3 aromatic heterocycles. The molecular weight excluding hydrogens is 228 g/mol. The first-order valence-corrected chi connectivity index (χ1v) is 5.57. The third-order valence-corrected chi connectivity index (χ3v) is 2.77. The number of nitrogens with two attached hydrogens (primary N) is 1. The number of fused-ring (bicyclic) bond motifs is 1. The van der Waals surface area contributed by atoms with Gasteiger partial charge in [0.2, 0.25) is 0 Å². The van der Waals surface area contributed by atoms with Crippen LogP contribution in [0.5, 0.6) is 0 Å². The van der Waals surface area contributed by atoms with E-state index in [1.54, 1.807) is 12.3 Å². The van der Waals surface area contributed by atoms with Crippen LogP contribution in [0.3, 0.4) is 0 Å². The van der Waals surface area contributed by atoms with E-state index in [1.807, 2.05) is 30.4 Å². The van der Waals surface area contributed by atoms with Crippen molar-refractivity contribution in [2.75, 3.05) is 5.73 Å². The van der Waals surface area contributed by atoms with E-state index in [-0.39, 0.29) is 0 Å². The molecule has 0 aliphatic heterocycles. The summed E-state index contributed by atoms with van der Waals surface area (Å²) in [7, 11) is 0. The van der Waals surface area contributed by atoms with E-state index in [4.69, 9.17) is 5.73 Å². The zero-order chi connectivity index (χ0) is 12.7. The minimum atomic E-state index is 0.667. The van der Waals surface area contributed by atoms with Crippen molar-refractivity contribution in [3.63, 3.8) is 0 Å². The van der Waals surface area contributed by atoms with Gasteiger partial charge in [-0.25, -0.2) is 0 Å². The highest BCUT2D eigenvalue weighted by atomic mass is 15.2. The Morgan fingerprint density at radius 2 is 1.89 bits per heavy atom. The average molecular weight is 240 g/mol. The van der Waals surface area contributed by atoms with E-state index in [9.17, 15) is 0 Å². The highest BCUT2D eigenvalue weighted by molar-refractivity contribution is 5.63. The lowest BCUT2D eigenvalue weighted by molar-refractivity contribution is 0.935. The highest BCUT2D eigenvalue weighted by Gasteiger charge is 2.12. The van der Waals surface area contributed by atoms with Crippen LogP contribution in [0.15, 0.2) is 24.4 Å². The van der Waals surface area contributed by atoms with Crippen molar-refractivity contribution >= 4 is 11.3 Å². The molecule has 3 heterocycles. The fraction of sp³-hybridized carbons (Fsp3) is 0.167. The molecule has 6 heteroatoms. The molecule has 0 fully saturated rings. The van der Waals surface area contributed by atoms with Gasteiger partial charge < -0.3 is 5.73 Å². The summed E-state index contributed by atoms with van der Waals surface area (Å²) in [5.74, 6) is 0.729. The molecule has 0 atom stereocenters. The predicted octanol–water partition coefficient (Wildman–Crippen LogP) is 1.39. The molecule has 0 aliphatic carbocycles. The molecular formula is C12H12N6. The van der Waals surface area contributed by atoms with Crippen molar-refractivity contribution in [3.05, 3.63) is 35.8 Å². The lowest BCUT2D eigenvalue weighted by atomic mass is 10.2. The quantitative estimate of drug-likeness (QED) is 0.695. The fourth-order valence-corrected chi connectivity index (χ4v) is 1.87. The summed E-state index contributed by atoms with van der Waals surface area (Å²) in [6, 6.07) is 5.58. The van der Waals surface area contributed by atoms with E-state index in [1.165, 1.54) is 0 Å². The van der Waals surface area contributed by atoms with Crippen LogP contribution in [-0.2, 0) is 0 Å². The van der Waals surface area contributed by atoms with E-state index in [2.05, 4.69) is 20.4 Å². The van der Waals surface area contributed by atoms with E-state index in [0.29, 0.717) is 5.69 Å². The summed E-state index contributed by atoms with van der Waals surface area (Å²) >= 11 is 0. The first kappa shape index (κ1) is 10.6. The normalized spacial score (nSPS) is 11.0. The monoisotopic (exact) mass is 240 g/mol. The van der Waals surface area contributed by atoms with Gasteiger partial charge in [0.15, 0.2) is 11.5 Å². The third-order valence-electron chi connectivity index (χ3n) is 2.77. The van der Waals surface area contributed by atoms with E-state index >= 15 is 0 Å². The first-order chi connectivity index (χ1) is 8.65. The van der Waals surface area contributed by atoms with Crippen LogP contribution in [0.1, 0.15) is 11.4 Å². The maximum atomic E-state index is 5.79. The number of rotatable bonds is 1. The van der Waals surface area contributed by atoms with Crippen molar-refractivity contribution in [2.45, 2.75) is 13.8 Å². The summed E-state index contributed by atoms with van der Waals surface area (Å²) in [6.07, 6.45) is 1.81. The second-order valence-corrected chi connectivity index (χ2v) is 4.20. The number of aromatic nitrogens is 5. The number of hydrogen-bond acceptors (Lipinski definition) is 5. The highest BCUT2D eigenvalue weighted by Crippen LogP contribution is 2.21. The fourth-order valence-electron chi connectivity index (χ4n) is 1.87. The van der Waals surface area contributed by atoms with Gasteiger partial charge in [-0.05, 0) is 32.0 Å². The van der Waals surface area contributed by atoms with Crippen LogP contribution in [0.25, 0.3) is 17.0 Å². The standard InChI is InChI=1S/C12H12N6/c1-7-5-10(8(2)15-14-7)12-17-16-11-4-3-9(13)6-18(11)12/h3-6H,13H2,1-2H3. The molecule has 0 aromatic carbocycles. The Hall–Kier alpha value is -2.50.